The third kappa shape index (κ3) is 12.0. The van der Waals surface area contributed by atoms with Crippen LogP contribution in [0.25, 0.3) is 22.3 Å². The van der Waals surface area contributed by atoms with Crippen LogP contribution in [0.1, 0.15) is 56.9 Å². The number of amides is 3. The van der Waals surface area contributed by atoms with Crippen LogP contribution < -0.4 is 20.3 Å². The van der Waals surface area contributed by atoms with Crippen molar-refractivity contribution in [1.29, 1.82) is 0 Å². The summed E-state index contributed by atoms with van der Waals surface area (Å²) in [5, 5.41) is 4.38. The lowest BCUT2D eigenvalue weighted by atomic mass is 10.1. The molecule has 49 heavy (non-hydrogen) atoms. The van der Waals surface area contributed by atoms with Crippen LogP contribution in [0.15, 0.2) is 59.4 Å². The molecule has 2 aliphatic carbocycles. The summed E-state index contributed by atoms with van der Waals surface area (Å²) in [6, 6.07) is 13.2. The maximum absolute atomic E-state index is 12.2. The van der Waals surface area contributed by atoms with Crippen molar-refractivity contribution < 1.29 is 19.1 Å². The van der Waals surface area contributed by atoms with Crippen molar-refractivity contribution in [2.75, 3.05) is 34.3 Å². The number of aromatic amines is 1. The second kappa shape index (κ2) is 19.1. The predicted molar refractivity (Wildman–Crippen MR) is 196 cm³/mol. The molecule has 2 aromatic carbocycles. The van der Waals surface area contributed by atoms with Gasteiger partial charge in [0, 0.05) is 29.5 Å². The molecule has 3 N–H and O–H groups in total. The van der Waals surface area contributed by atoms with Crippen molar-refractivity contribution in [3.8, 4) is 17.1 Å². The summed E-state index contributed by atoms with van der Waals surface area (Å²) in [6.07, 6.45) is 14.9. The number of hydrogen-bond acceptors (Lipinski definition) is 8. The fourth-order valence-corrected chi connectivity index (χ4v) is 6.19. The van der Waals surface area contributed by atoms with Gasteiger partial charge in [0.2, 0.25) is 18.7 Å². The van der Waals surface area contributed by atoms with Gasteiger partial charge < -0.3 is 29.6 Å². The number of H-pyrrole nitrogens is 1. The number of likely N-dealkylation sites (tertiary alicyclic amines) is 1. The number of carbonyl (C=O) groups is 3. The first kappa shape index (κ1) is 37.7. The molecule has 264 valence electrons. The number of rotatable bonds is 14. The van der Waals surface area contributed by atoms with Crippen molar-refractivity contribution in [2.45, 2.75) is 75.6 Å². The van der Waals surface area contributed by atoms with Crippen molar-refractivity contribution in [3.05, 3.63) is 70.5 Å². The number of fused-ring (bicyclic) bond motifs is 1. The number of methoxy groups -OCH3 is 1. The third-order valence-electron chi connectivity index (χ3n) is 8.59. The molecule has 1 aliphatic heterocycles. The van der Waals surface area contributed by atoms with E-state index in [9.17, 15) is 19.2 Å². The first-order chi connectivity index (χ1) is 23.7. The van der Waals surface area contributed by atoms with Gasteiger partial charge in [-0.3, -0.25) is 19.2 Å². The van der Waals surface area contributed by atoms with Crippen molar-refractivity contribution in [1.82, 2.24) is 29.8 Å². The second-order valence-corrected chi connectivity index (χ2v) is 14.1. The Balaban J connectivity index is 0.000000185. The summed E-state index contributed by atoms with van der Waals surface area (Å²) >= 11 is 1.52. The Hall–Kier alpha value is -4.16. The van der Waals surface area contributed by atoms with Gasteiger partial charge >= 0.3 is 0 Å². The minimum absolute atomic E-state index is 0.0245. The molecule has 3 atom stereocenters. The molecular weight excluding hydrogens is 641 g/mol. The van der Waals surface area contributed by atoms with Crippen LogP contribution in [0, 0.1) is 12.8 Å². The molecule has 0 bridgehead atoms. The van der Waals surface area contributed by atoms with Gasteiger partial charge in [-0.2, -0.15) is 0 Å². The highest BCUT2D eigenvalue weighted by Gasteiger charge is 2.39. The van der Waals surface area contributed by atoms with Gasteiger partial charge in [-0.1, -0.05) is 42.5 Å². The number of carbonyl (C=O) groups excluding carboxylic acids is 3. The first-order valence-electron chi connectivity index (χ1n) is 17.1. The lowest BCUT2D eigenvalue weighted by Crippen LogP contribution is -2.43. The Labute approximate surface area is 293 Å². The Kier molecular flexibility index (Phi) is 14.7. The highest BCUT2D eigenvalue weighted by Crippen LogP contribution is 2.33. The van der Waals surface area contributed by atoms with Crippen LogP contribution in [-0.4, -0.2) is 90.1 Å². The molecule has 2 unspecified atom stereocenters. The zero-order chi connectivity index (χ0) is 35.2. The van der Waals surface area contributed by atoms with Crippen molar-refractivity contribution >= 4 is 41.6 Å². The quantitative estimate of drug-likeness (QED) is 0.0946. The summed E-state index contributed by atoms with van der Waals surface area (Å²) < 4.78 is 7.83. The van der Waals surface area contributed by atoms with Crippen LogP contribution in [0.2, 0.25) is 0 Å². The zero-order valence-electron chi connectivity index (χ0n) is 29.0. The molecule has 6 rings (SSSR count). The van der Waals surface area contributed by atoms with Crippen LogP contribution in [-0.2, 0) is 14.4 Å². The number of benzene rings is 2. The molecule has 0 spiro atoms. The monoisotopic (exact) mass is 690 g/mol. The van der Waals surface area contributed by atoms with Gasteiger partial charge in [-0.15, -0.1) is 0 Å². The van der Waals surface area contributed by atoms with Gasteiger partial charge in [0.15, 0.2) is 0 Å². The number of nitrogens with one attached hydrogen (secondary N) is 3. The molecular formula is C37H50N6O5S. The van der Waals surface area contributed by atoms with E-state index in [1.54, 1.807) is 24.1 Å². The highest BCUT2D eigenvalue weighted by molar-refractivity contribution is 7.98. The standard InChI is InChI=1S/C17H29N3O2.C16H14N2O2.C4H7NOS/c1-19(2)10-6-4-3-5-8-14-12-15(14)18-17(22)16-9-7-11-20(16)13-21;1-10-8-12-13(9-14(10)20-2)17-15(18-16(12)19)11-6-4-3-5-7-11;6-3-5-7-4-1-2-4/h5,8,13-16H,3-4,6-7,9-12H2,1-2H3,(H,18,22);3-9H,1-2H3,(H,17,18,19);3-4H,1-2H2,(H,5,6)/b8-5-;;/t14-,15?,16?;;/m1../s1. The number of ether oxygens (including phenoxy) is 1. The summed E-state index contributed by atoms with van der Waals surface area (Å²) in [4.78, 5) is 56.0. The maximum atomic E-state index is 12.2. The third-order valence-corrected chi connectivity index (χ3v) is 9.62. The minimum Gasteiger partial charge on any atom is -0.496 e. The number of allylic oxidation sites excluding steroid dienone is 1. The Morgan fingerprint density at radius 1 is 1.14 bits per heavy atom. The van der Waals surface area contributed by atoms with E-state index in [4.69, 9.17) is 4.74 Å². The second-order valence-electron chi connectivity index (χ2n) is 12.9. The molecule has 2 heterocycles. The fraction of sp³-hybridized carbons (Fsp3) is 0.486. The molecule has 3 aromatic rings. The molecule has 3 fully saturated rings. The smallest absolute Gasteiger partial charge is 0.259 e. The predicted octanol–water partition coefficient (Wildman–Crippen LogP) is 4.85. The van der Waals surface area contributed by atoms with Gasteiger partial charge in [-0.25, -0.2) is 4.98 Å². The van der Waals surface area contributed by atoms with E-state index >= 15 is 0 Å². The van der Waals surface area contributed by atoms with E-state index in [2.05, 4.69) is 51.2 Å². The maximum Gasteiger partial charge on any atom is 0.259 e. The highest BCUT2D eigenvalue weighted by atomic mass is 32.2. The molecule has 3 amide bonds. The molecule has 1 aromatic heterocycles. The largest absolute Gasteiger partial charge is 0.496 e. The van der Waals surface area contributed by atoms with Crippen molar-refractivity contribution in [3.63, 3.8) is 0 Å². The van der Waals surface area contributed by atoms with E-state index in [1.807, 2.05) is 37.3 Å². The van der Waals surface area contributed by atoms with Gasteiger partial charge in [0.05, 0.1) is 18.0 Å². The van der Waals surface area contributed by atoms with Crippen LogP contribution in [0.3, 0.4) is 0 Å². The van der Waals surface area contributed by atoms with Gasteiger partial charge in [0.25, 0.3) is 5.56 Å². The van der Waals surface area contributed by atoms with Crippen LogP contribution >= 0.6 is 11.9 Å². The van der Waals surface area contributed by atoms with Crippen LogP contribution in [0.5, 0.6) is 5.75 Å². The van der Waals surface area contributed by atoms with E-state index in [0.29, 0.717) is 29.2 Å². The lowest BCUT2D eigenvalue weighted by Gasteiger charge is -2.19. The number of unbranched alkanes of at least 4 members (excludes halogenated alkanes) is 2. The van der Waals surface area contributed by atoms with E-state index in [-0.39, 0.29) is 23.6 Å². The Morgan fingerprint density at radius 2 is 1.92 bits per heavy atom. The molecule has 11 nitrogen and oxygen atoms in total. The van der Waals surface area contributed by atoms with Crippen LogP contribution in [0.4, 0.5) is 0 Å². The summed E-state index contributed by atoms with van der Waals surface area (Å²) in [5.74, 6) is 1.81. The van der Waals surface area contributed by atoms with Crippen molar-refractivity contribution in [2.24, 2.45) is 5.92 Å². The molecule has 1 saturated heterocycles. The summed E-state index contributed by atoms with van der Waals surface area (Å²) in [6.45, 7) is 3.76. The number of aromatic nitrogens is 2. The van der Waals surface area contributed by atoms with Gasteiger partial charge in [0.1, 0.15) is 17.6 Å². The van der Waals surface area contributed by atoms with E-state index in [0.717, 1.165) is 67.2 Å². The number of nitrogens with zero attached hydrogens (tertiary/aromatic N) is 3. The number of aryl methyl sites for hydroxylation is 1. The first-order valence-corrected chi connectivity index (χ1v) is 17.9. The Morgan fingerprint density at radius 3 is 2.59 bits per heavy atom. The Bertz CT molecular complexity index is 1610. The minimum atomic E-state index is -0.242. The average molecular weight is 691 g/mol. The average Bonchev–Trinajstić information content (AvgIpc) is 4.03. The fourth-order valence-electron chi connectivity index (χ4n) is 5.57. The normalized spacial score (nSPS) is 19.4. The zero-order valence-corrected chi connectivity index (χ0v) is 29.8. The summed E-state index contributed by atoms with van der Waals surface area (Å²) in [5.41, 5.74) is 2.29. The molecule has 2 saturated carbocycles. The molecule has 3 aliphatic rings. The topological polar surface area (TPSA) is 137 Å². The van der Waals surface area contributed by atoms with E-state index in [1.165, 1.54) is 37.6 Å². The molecule has 0 radical (unpaired) electrons. The van der Waals surface area contributed by atoms with Gasteiger partial charge in [-0.05, 0) is 108 Å². The molecule has 12 heteroatoms. The summed E-state index contributed by atoms with van der Waals surface area (Å²) in [7, 11) is 5.81. The number of hydrogen-bond donors (Lipinski definition) is 3. The SMILES string of the molecule is CN(C)CCCC/C=C\[C@@H]1CC1NC(=O)C1CCCN1C=O.COc1cc2nc(-c3ccccc3)[nH]c(=O)c2cc1C.O=CNSC1CC1. The lowest BCUT2D eigenvalue weighted by molar-refractivity contribution is -0.131. The van der Waals surface area contributed by atoms with E-state index < -0.39 is 0 Å².